The van der Waals surface area contributed by atoms with Crippen LogP contribution >= 0.6 is 34.5 Å². The number of halogens is 5. The highest BCUT2D eigenvalue weighted by molar-refractivity contribution is 7.84. The number of hydrogen-bond acceptors (Lipinski definition) is 5. The van der Waals surface area contributed by atoms with Gasteiger partial charge in [-0.25, -0.2) is 4.68 Å². The van der Waals surface area contributed by atoms with Crippen LogP contribution in [0.25, 0.3) is 22.7 Å². The number of benzene rings is 1. The van der Waals surface area contributed by atoms with Gasteiger partial charge in [-0.1, -0.05) is 29.3 Å². The minimum Gasteiger partial charge on any atom is -0.462 e. The molecule has 4 N–H and O–H groups in total. The minimum atomic E-state index is -4.63. The molecule has 0 aliphatic heterocycles. The Bertz CT molecular complexity index is 1280. The van der Waals surface area contributed by atoms with Crippen LogP contribution in [-0.4, -0.2) is 37.0 Å². The van der Waals surface area contributed by atoms with Crippen LogP contribution in [0.1, 0.15) is 5.56 Å². The number of nitrogen functional groups attached to an aromatic ring is 1. The lowest BCUT2D eigenvalue weighted by Gasteiger charge is -2.13. The average molecular weight is 507 g/mol. The normalized spacial score (nSPS) is 13.0. The van der Waals surface area contributed by atoms with E-state index in [1.807, 2.05) is 16.8 Å². The van der Waals surface area contributed by atoms with Gasteiger partial charge in [0, 0.05) is 6.26 Å². The summed E-state index contributed by atoms with van der Waals surface area (Å²) in [5, 5.41) is 14.6. The average Bonchev–Trinajstić information content (AvgIpc) is 3.40. The molecule has 0 saturated heterocycles. The van der Waals surface area contributed by atoms with Gasteiger partial charge < -0.3 is 15.6 Å². The highest BCUT2D eigenvalue weighted by Gasteiger charge is 2.33. The number of thiophene rings is 1. The van der Waals surface area contributed by atoms with Gasteiger partial charge in [0.05, 0.1) is 26.4 Å². The Morgan fingerprint density at radius 3 is 2.55 bits per heavy atom. The third-order valence-corrected chi connectivity index (χ3v) is 6.66. The number of aromatic amines is 2. The van der Waals surface area contributed by atoms with Crippen LogP contribution in [0, 0.1) is 0 Å². The number of nitrogens with zero attached hydrogens (tertiary/aromatic N) is 3. The van der Waals surface area contributed by atoms with Crippen LogP contribution in [0.2, 0.25) is 10.0 Å². The molecule has 31 heavy (non-hydrogen) atoms. The Labute approximate surface area is 189 Å². The monoisotopic (exact) mass is 506 g/mol. The van der Waals surface area contributed by atoms with Crippen molar-refractivity contribution >= 4 is 57.8 Å². The first-order valence-corrected chi connectivity index (χ1v) is 11.7. The standard InChI is InChI=1S/C16H12BCl2F3N6OS2/c1-31(29)13-11(15-24-17(27-25-15)8-2-3-30-6-8)26-28(14(13)23)12-9(18)4-7(5-10(12)19)16(20,21)22/h2-6,24,27H,23H2,1H3. The molecule has 0 radical (unpaired) electrons. The molecule has 1 aromatic carbocycles. The predicted octanol–water partition coefficient (Wildman–Crippen LogP) is 3.80. The molecule has 162 valence electrons. The topological polar surface area (TPSA) is 104 Å². The van der Waals surface area contributed by atoms with Gasteiger partial charge in [0.25, 0.3) is 12.5 Å². The molecule has 0 bridgehead atoms. The molecule has 7 nitrogen and oxygen atoms in total. The fourth-order valence-electron chi connectivity index (χ4n) is 3.01. The molecule has 1 atom stereocenters. The summed E-state index contributed by atoms with van der Waals surface area (Å²) in [4.78, 5) is 3.26. The second-order valence-corrected chi connectivity index (χ2v) is 9.35. The lowest BCUT2D eigenvalue weighted by Crippen LogP contribution is -2.20. The van der Waals surface area contributed by atoms with Gasteiger partial charge in [0.1, 0.15) is 16.4 Å². The Morgan fingerprint density at radius 2 is 2.00 bits per heavy atom. The molecule has 4 aromatic rings. The van der Waals surface area contributed by atoms with E-state index in [0.29, 0.717) is 0 Å². The molecule has 0 saturated carbocycles. The van der Waals surface area contributed by atoms with Crippen molar-refractivity contribution in [3.8, 4) is 22.7 Å². The lowest BCUT2D eigenvalue weighted by molar-refractivity contribution is -0.298. The zero-order valence-corrected chi connectivity index (χ0v) is 18.6. The van der Waals surface area contributed by atoms with Crippen LogP contribution in [0.3, 0.4) is 0 Å². The third kappa shape index (κ3) is 4.02. The van der Waals surface area contributed by atoms with Crippen molar-refractivity contribution in [2.45, 2.75) is 11.1 Å². The van der Waals surface area contributed by atoms with Crippen molar-refractivity contribution in [1.29, 1.82) is 0 Å². The molecule has 0 aliphatic carbocycles. The fourth-order valence-corrected chi connectivity index (χ4v) is 5.13. The molecular weight excluding hydrogens is 495 g/mol. The first-order valence-electron chi connectivity index (χ1n) is 8.48. The maximum absolute atomic E-state index is 13.1. The summed E-state index contributed by atoms with van der Waals surface area (Å²) in [6, 6.07) is 3.36. The number of alkyl halides is 3. The molecule has 0 aliphatic rings. The Morgan fingerprint density at radius 1 is 1.32 bits per heavy atom. The van der Waals surface area contributed by atoms with Crippen molar-refractivity contribution in [1.82, 2.24) is 19.9 Å². The van der Waals surface area contributed by atoms with E-state index < -0.39 is 22.5 Å². The van der Waals surface area contributed by atoms with Crippen molar-refractivity contribution in [2.24, 2.45) is 0 Å². The number of hydrogen-bond donors (Lipinski definition) is 2. The van der Waals surface area contributed by atoms with E-state index in [9.17, 15) is 17.4 Å². The highest BCUT2D eigenvalue weighted by atomic mass is 35.5. The van der Waals surface area contributed by atoms with E-state index in [-0.39, 0.29) is 44.6 Å². The van der Waals surface area contributed by atoms with Crippen LogP contribution in [0.15, 0.2) is 33.9 Å². The Hall–Kier alpha value is -2.22. The summed E-state index contributed by atoms with van der Waals surface area (Å²) >= 11 is 13.7. The Kier molecular flexibility index (Phi) is 5.71. The highest BCUT2D eigenvalue weighted by Crippen LogP contribution is 2.39. The Balaban J connectivity index is 1.88. The largest absolute Gasteiger partial charge is 0.462 e. The molecule has 1 unspecified atom stereocenters. The van der Waals surface area contributed by atoms with Gasteiger partial charge in [-0.15, -0.1) is 5.46 Å². The maximum atomic E-state index is 13.1. The third-order valence-electron chi connectivity index (χ3n) is 4.41. The van der Waals surface area contributed by atoms with Crippen molar-refractivity contribution in [3.63, 3.8) is 0 Å². The van der Waals surface area contributed by atoms with Gasteiger partial charge in [0.2, 0.25) is 0 Å². The zero-order chi connectivity index (χ0) is 22.5. The van der Waals surface area contributed by atoms with Gasteiger partial charge >= 0.3 is 6.18 Å². The second kappa shape index (κ2) is 8.04. The van der Waals surface area contributed by atoms with E-state index in [0.717, 1.165) is 22.3 Å². The van der Waals surface area contributed by atoms with Crippen molar-refractivity contribution in [2.75, 3.05) is 12.0 Å². The van der Waals surface area contributed by atoms with Crippen LogP contribution in [-0.2, 0) is 17.0 Å². The van der Waals surface area contributed by atoms with Gasteiger partial charge in [-0.05, 0) is 28.0 Å². The first kappa shape index (κ1) is 22.0. The molecule has 4 rings (SSSR count). The number of anilines is 1. The van der Waals surface area contributed by atoms with Crippen LogP contribution in [0.5, 0.6) is 0 Å². The lowest BCUT2D eigenvalue weighted by atomic mass is 9.82. The van der Waals surface area contributed by atoms with Crippen LogP contribution in [0.4, 0.5) is 19.0 Å². The van der Waals surface area contributed by atoms with E-state index >= 15 is 0 Å². The molecule has 3 heterocycles. The second-order valence-electron chi connectivity index (χ2n) is 6.44. The number of nitrogens with one attached hydrogen (secondary N) is 2. The summed E-state index contributed by atoms with van der Waals surface area (Å²) in [5.41, 5.74) is 6.18. The minimum absolute atomic E-state index is 0.0623. The van der Waals surface area contributed by atoms with Gasteiger partial charge in [0.15, 0.2) is 5.69 Å². The smallest absolute Gasteiger partial charge is 0.416 e. The van der Waals surface area contributed by atoms with Gasteiger partial charge in [-0.3, -0.25) is 4.21 Å². The summed E-state index contributed by atoms with van der Waals surface area (Å²) in [6.45, 7) is -0.330. The number of H-pyrrole nitrogens is 2. The molecule has 0 fully saturated rings. The van der Waals surface area contributed by atoms with Crippen molar-refractivity contribution < 1.29 is 22.3 Å². The van der Waals surface area contributed by atoms with E-state index in [1.54, 1.807) is 0 Å². The van der Waals surface area contributed by atoms with Crippen molar-refractivity contribution in [3.05, 3.63) is 44.6 Å². The van der Waals surface area contributed by atoms with E-state index in [1.165, 1.54) is 17.6 Å². The fraction of sp³-hybridized carbons (Fsp3) is 0.125. The first-order chi connectivity index (χ1) is 14.6. The predicted molar refractivity (Wildman–Crippen MR) is 115 cm³/mol. The summed E-state index contributed by atoms with van der Waals surface area (Å²) in [6.07, 6.45) is -3.23. The molecule has 0 spiro atoms. The maximum Gasteiger partial charge on any atom is 0.416 e. The quantitative estimate of drug-likeness (QED) is 0.439. The molecule has 15 heteroatoms. The summed E-state index contributed by atoms with van der Waals surface area (Å²) in [7, 11) is -1.60. The number of rotatable bonds is 4. The number of nitrogens with two attached hydrogens (primary N) is 1. The molecule has 3 aromatic heterocycles. The molecule has 0 amide bonds. The van der Waals surface area contributed by atoms with Crippen LogP contribution < -0.4 is 10.6 Å². The SMILES string of the molecule is CS(=O)c1c(-c2n[nH][b-](-c3ccsc3)[nH+]2)nn(-c2c(Cl)cc(C(F)(F)F)cc2Cl)c1N. The number of aromatic nitrogens is 5. The zero-order valence-electron chi connectivity index (χ0n) is 15.5. The summed E-state index contributed by atoms with van der Waals surface area (Å²) in [5.74, 6) is 0.189. The van der Waals surface area contributed by atoms with Gasteiger partial charge in [-0.2, -0.15) is 29.6 Å². The summed E-state index contributed by atoms with van der Waals surface area (Å²) < 4.78 is 52.7. The molecular formula is C16H12BCl2F3N6OS2. The van der Waals surface area contributed by atoms with E-state index in [4.69, 9.17) is 28.9 Å². The van der Waals surface area contributed by atoms with E-state index in [2.05, 4.69) is 20.1 Å².